The van der Waals surface area contributed by atoms with E-state index in [1.165, 1.54) is 0 Å². The molecule has 0 unspecified atom stereocenters. The van der Waals surface area contributed by atoms with E-state index in [0.29, 0.717) is 0 Å². The Hall–Kier alpha value is -0.760. The summed E-state index contributed by atoms with van der Waals surface area (Å²) in [7, 11) is 0. The number of pyridine rings is 1. The van der Waals surface area contributed by atoms with Crippen LogP contribution in [0.15, 0.2) is 18.2 Å². The molecule has 0 fully saturated rings. The van der Waals surface area contributed by atoms with Crippen molar-refractivity contribution in [2.45, 2.75) is 6.92 Å². The van der Waals surface area contributed by atoms with Gasteiger partial charge in [0.2, 0.25) is 0 Å². The summed E-state index contributed by atoms with van der Waals surface area (Å²) in [6.07, 6.45) is 0. The smallest absolute Gasteiger partial charge is 0.0740 e. The highest BCUT2D eigenvalue weighted by atomic mass is 32.1. The van der Waals surface area contributed by atoms with E-state index in [1.807, 2.05) is 25.1 Å². The van der Waals surface area contributed by atoms with Crippen LogP contribution in [0.3, 0.4) is 0 Å². The average Bonchev–Trinajstić information content (AvgIpc) is 1.88. The van der Waals surface area contributed by atoms with Gasteiger partial charge in [0.25, 0.3) is 0 Å². The molecule has 46 valence electrons. The molecule has 0 aliphatic heterocycles. The third-order valence-electron chi connectivity index (χ3n) is 1.03. The predicted molar refractivity (Wildman–Crippen MR) is 41.7 cm³/mol. The van der Waals surface area contributed by atoms with Gasteiger partial charge in [0.1, 0.15) is 0 Å². The van der Waals surface area contributed by atoms with Crippen molar-refractivity contribution in [3.63, 3.8) is 0 Å². The van der Waals surface area contributed by atoms with Crippen LogP contribution in [0, 0.1) is 6.92 Å². The van der Waals surface area contributed by atoms with Crippen LogP contribution in [0.4, 0.5) is 0 Å². The van der Waals surface area contributed by atoms with Crippen molar-refractivity contribution in [3.05, 3.63) is 29.6 Å². The normalized spacial score (nSPS) is 9.00. The Bertz CT molecular complexity index is 220. The van der Waals surface area contributed by atoms with E-state index in [4.69, 9.17) is 12.2 Å². The Balaban J connectivity index is 3.07. The first-order valence-corrected chi connectivity index (χ1v) is 3.19. The summed E-state index contributed by atoms with van der Waals surface area (Å²) >= 11 is 4.69. The molecular formula is C7H7NS. The number of hydrogen-bond donors (Lipinski definition) is 0. The van der Waals surface area contributed by atoms with Crippen molar-refractivity contribution in [1.29, 1.82) is 0 Å². The number of aromatic nitrogens is 1. The van der Waals surface area contributed by atoms with Crippen LogP contribution in [0.5, 0.6) is 0 Å². The third kappa shape index (κ3) is 1.57. The van der Waals surface area contributed by atoms with Crippen molar-refractivity contribution in [2.24, 2.45) is 0 Å². The Morgan fingerprint density at radius 1 is 1.56 bits per heavy atom. The molecule has 1 aromatic rings. The second kappa shape index (κ2) is 2.69. The summed E-state index contributed by atoms with van der Waals surface area (Å²) in [6.45, 7) is 1.95. The molecular weight excluding hydrogens is 130 g/mol. The third-order valence-corrected chi connectivity index (χ3v) is 1.27. The summed E-state index contributed by atoms with van der Waals surface area (Å²) in [6, 6.07) is 5.78. The molecule has 0 atom stereocenters. The summed E-state index contributed by atoms with van der Waals surface area (Å²) < 4.78 is 0. The van der Waals surface area contributed by atoms with Crippen LogP contribution < -0.4 is 0 Å². The Labute approximate surface area is 59.7 Å². The Morgan fingerprint density at radius 3 is 2.78 bits per heavy atom. The van der Waals surface area contributed by atoms with E-state index in [0.717, 1.165) is 11.4 Å². The van der Waals surface area contributed by atoms with Gasteiger partial charge in [-0.2, -0.15) is 0 Å². The highest BCUT2D eigenvalue weighted by Gasteiger charge is 1.85. The van der Waals surface area contributed by atoms with Crippen molar-refractivity contribution in [1.82, 2.24) is 4.98 Å². The standard InChI is InChI=1S/C7H7NS/c1-6-3-2-4-7(5-9)8-6/h2-5H,1H3. The SMILES string of the molecule is Cc1cccc(C=S)n1. The van der Waals surface area contributed by atoms with E-state index in [-0.39, 0.29) is 0 Å². The summed E-state index contributed by atoms with van der Waals surface area (Å²) in [5.41, 5.74) is 1.87. The molecule has 0 aromatic carbocycles. The highest BCUT2D eigenvalue weighted by Crippen LogP contribution is 1.93. The molecule has 0 aliphatic carbocycles. The fourth-order valence-corrected chi connectivity index (χ4v) is 0.761. The first-order chi connectivity index (χ1) is 4.33. The molecule has 0 bridgehead atoms. The van der Waals surface area contributed by atoms with Gasteiger partial charge < -0.3 is 0 Å². The molecule has 0 aliphatic rings. The number of hydrogen-bond acceptors (Lipinski definition) is 2. The first-order valence-electron chi connectivity index (χ1n) is 2.72. The monoisotopic (exact) mass is 137 g/mol. The zero-order valence-corrected chi connectivity index (χ0v) is 5.98. The average molecular weight is 137 g/mol. The largest absolute Gasteiger partial charge is 0.253 e. The molecule has 0 saturated heterocycles. The van der Waals surface area contributed by atoms with Gasteiger partial charge in [0, 0.05) is 11.1 Å². The second-order valence-electron chi connectivity index (χ2n) is 1.82. The van der Waals surface area contributed by atoms with E-state index in [2.05, 4.69) is 4.98 Å². The summed E-state index contributed by atoms with van der Waals surface area (Å²) in [4.78, 5) is 4.13. The van der Waals surface area contributed by atoms with E-state index in [9.17, 15) is 0 Å². The molecule has 1 heterocycles. The minimum Gasteiger partial charge on any atom is -0.253 e. The van der Waals surface area contributed by atoms with Gasteiger partial charge in [0.15, 0.2) is 0 Å². The van der Waals surface area contributed by atoms with Crippen LogP contribution in [-0.4, -0.2) is 10.4 Å². The number of rotatable bonds is 1. The highest BCUT2D eigenvalue weighted by molar-refractivity contribution is 7.79. The maximum atomic E-state index is 4.69. The molecule has 1 rings (SSSR count). The Kier molecular flexibility index (Phi) is 1.90. The van der Waals surface area contributed by atoms with Gasteiger partial charge in [-0.3, -0.25) is 4.98 Å². The molecule has 0 N–H and O–H groups in total. The molecule has 2 heteroatoms. The maximum absolute atomic E-state index is 4.69. The lowest BCUT2D eigenvalue weighted by Gasteiger charge is -1.90. The summed E-state index contributed by atoms with van der Waals surface area (Å²) in [5.74, 6) is 0. The molecule has 0 saturated carbocycles. The minimum atomic E-state index is 0.866. The quantitative estimate of drug-likeness (QED) is 0.547. The lowest BCUT2D eigenvalue weighted by Crippen LogP contribution is -1.86. The van der Waals surface area contributed by atoms with Gasteiger partial charge in [-0.15, -0.1) is 0 Å². The van der Waals surface area contributed by atoms with Gasteiger partial charge >= 0.3 is 0 Å². The fourth-order valence-electron chi connectivity index (χ4n) is 0.630. The van der Waals surface area contributed by atoms with Crippen LogP contribution >= 0.6 is 12.2 Å². The zero-order valence-electron chi connectivity index (χ0n) is 5.16. The van der Waals surface area contributed by atoms with E-state index < -0.39 is 0 Å². The molecule has 0 amide bonds. The topological polar surface area (TPSA) is 12.9 Å². The maximum Gasteiger partial charge on any atom is 0.0740 e. The molecule has 1 nitrogen and oxygen atoms in total. The molecule has 1 aromatic heterocycles. The van der Waals surface area contributed by atoms with Crippen molar-refractivity contribution in [2.75, 3.05) is 0 Å². The minimum absolute atomic E-state index is 0.866. The summed E-state index contributed by atoms with van der Waals surface area (Å²) in [5, 5.41) is 1.58. The van der Waals surface area contributed by atoms with Gasteiger partial charge in [-0.05, 0) is 19.1 Å². The lowest BCUT2D eigenvalue weighted by molar-refractivity contribution is 1.19. The van der Waals surface area contributed by atoms with Crippen molar-refractivity contribution < 1.29 is 0 Å². The van der Waals surface area contributed by atoms with E-state index in [1.54, 1.807) is 5.37 Å². The van der Waals surface area contributed by atoms with Crippen LogP contribution in [0.1, 0.15) is 11.4 Å². The number of thiocarbonyl (C=S) groups is 1. The van der Waals surface area contributed by atoms with Gasteiger partial charge in [0.05, 0.1) is 5.69 Å². The van der Waals surface area contributed by atoms with Gasteiger partial charge in [-0.1, -0.05) is 18.3 Å². The Morgan fingerprint density at radius 2 is 2.33 bits per heavy atom. The van der Waals surface area contributed by atoms with Crippen LogP contribution in [0.2, 0.25) is 0 Å². The van der Waals surface area contributed by atoms with Crippen molar-refractivity contribution in [3.8, 4) is 0 Å². The van der Waals surface area contributed by atoms with E-state index >= 15 is 0 Å². The number of aryl methyl sites for hydroxylation is 1. The van der Waals surface area contributed by atoms with Crippen LogP contribution in [-0.2, 0) is 0 Å². The molecule has 0 radical (unpaired) electrons. The van der Waals surface area contributed by atoms with Crippen molar-refractivity contribution >= 4 is 17.6 Å². The number of nitrogens with zero attached hydrogens (tertiary/aromatic N) is 1. The first kappa shape index (κ1) is 6.36. The van der Waals surface area contributed by atoms with Gasteiger partial charge in [-0.25, -0.2) is 0 Å². The fraction of sp³-hybridized carbons (Fsp3) is 0.143. The molecule has 0 spiro atoms. The lowest BCUT2D eigenvalue weighted by atomic mass is 10.3. The zero-order chi connectivity index (χ0) is 6.69. The predicted octanol–water partition coefficient (Wildman–Crippen LogP) is 1.74. The second-order valence-corrected chi connectivity index (χ2v) is 2.06. The molecule has 9 heavy (non-hydrogen) atoms. The van der Waals surface area contributed by atoms with Crippen LogP contribution in [0.25, 0.3) is 0 Å².